The molecule has 8 aromatic rings. The van der Waals surface area contributed by atoms with Crippen LogP contribution in [0.4, 0.5) is 0 Å². The smallest absolute Gasteiger partial charge is 1.00 e. The van der Waals surface area contributed by atoms with Crippen LogP contribution < -0.4 is 143 Å². The molecule has 149 heavy (non-hydrogen) atoms. The third-order valence-electron chi connectivity index (χ3n) is 30.3. The van der Waals surface area contributed by atoms with E-state index in [0.29, 0.717) is 42.1 Å². The Hall–Kier alpha value is -3.20. The topological polar surface area (TPSA) is 303 Å². The van der Waals surface area contributed by atoms with Crippen LogP contribution in [0.25, 0.3) is 43.8 Å². The van der Waals surface area contributed by atoms with Crippen molar-refractivity contribution in [2.75, 3.05) is 91.2 Å². The van der Waals surface area contributed by atoms with Gasteiger partial charge in [0.05, 0.1) is 154 Å². The molecule has 33 heteroatoms. The number of imidazole rings is 4. The number of methoxy groups -OCH3 is 1. The van der Waals surface area contributed by atoms with Gasteiger partial charge in [-0.3, -0.25) is 56.1 Å². The average molecular weight is 2520 g/mol. The van der Waals surface area contributed by atoms with Gasteiger partial charge in [0.2, 0.25) is 0 Å². The zero-order valence-corrected chi connectivity index (χ0v) is 104. The number of ether oxygens (including phenoxy) is 5. The molecule has 13 heterocycles. The number of hydrogen-bond donors (Lipinski definition) is 0. The van der Waals surface area contributed by atoms with Gasteiger partial charge >= 0.3 is 151 Å². The number of carbonyl (C=O) groups is 3. The number of fused-ring (bicyclic) bond motifs is 12. The number of allylic oxidation sites excluding steroid dienone is 7. The molecule has 10 aliphatic carbocycles. The first-order valence-electron chi connectivity index (χ1n) is 51.7. The van der Waals surface area contributed by atoms with E-state index in [2.05, 4.69) is 137 Å². The second-order valence-corrected chi connectivity index (χ2v) is 49.1. The van der Waals surface area contributed by atoms with E-state index in [1.165, 1.54) is 257 Å². The molecule has 0 spiro atoms. The molecule has 0 amide bonds. The zero-order chi connectivity index (χ0) is 96.9. The van der Waals surface area contributed by atoms with Crippen LogP contribution in [-0.4, -0.2) is 195 Å². The third kappa shape index (κ3) is 37.7. The van der Waals surface area contributed by atoms with Crippen molar-refractivity contribution >= 4 is 134 Å². The Morgan fingerprint density at radius 1 is 0.450 bits per heavy atom. The van der Waals surface area contributed by atoms with Crippen molar-refractivity contribution in [3.05, 3.63) is 165 Å². The predicted octanol–water partition coefficient (Wildman–Crippen LogP) is 20.2. The Kier molecular flexibility index (Phi) is 61.8. The van der Waals surface area contributed by atoms with Gasteiger partial charge in [-0.1, -0.05) is 211 Å². The number of esters is 1. The van der Waals surface area contributed by atoms with Crippen LogP contribution in [0.1, 0.15) is 412 Å². The van der Waals surface area contributed by atoms with Crippen molar-refractivity contribution in [1.29, 1.82) is 0 Å². The van der Waals surface area contributed by atoms with E-state index in [9.17, 15) is 18.0 Å². The molecule has 0 radical (unpaired) electrons. The maximum absolute atomic E-state index is 11.6. The molecule has 0 unspecified atom stereocenters. The molecule has 0 bridgehead atoms. The molecule has 23 rings (SSSR count). The van der Waals surface area contributed by atoms with E-state index in [0.717, 1.165) is 182 Å². The molecular weight excluding hydrogens is 2330 g/mol. The van der Waals surface area contributed by atoms with Gasteiger partial charge in [0, 0.05) is 129 Å². The second-order valence-electron chi connectivity index (χ2n) is 41.9. The van der Waals surface area contributed by atoms with E-state index in [1.54, 1.807) is 31.3 Å². The van der Waals surface area contributed by atoms with E-state index in [-0.39, 0.29) is 271 Å². The van der Waals surface area contributed by atoms with Gasteiger partial charge in [0.25, 0.3) is 6.47 Å². The number of halogens is 2. The first-order valence-corrected chi connectivity index (χ1v) is 57.7. The Bertz CT molecular complexity index is 5730. The molecule has 5 aliphatic heterocycles. The maximum atomic E-state index is 11.6. The van der Waals surface area contributed by atoms with Gasteiger partial charge in [0.15, 0.2) is 28.4 Å². The molecule has 6 saturated carbocycles. The van der Waals surface area contributed by atoms with Gasteiger partial charge in [-0.05, 0) is 208 Å². The Morgan fingerprint density at radius 2 is 0.765 bits per heavy atom. The van der Waals surface area contributed by atoms with Crippen molar-refractivity contribution in [3.8, 4) is 0 Å². The summed E-state index contributed by atoms with van der Waals surface area (Å²) in [7, 11) is -2.13. The minimum Gasteiger partial charge on any atom is -1.00 e. The normalized spacial score (nSPS) is 19.9. The van der Waals surface area contributed by atoms with Gasteiger partial charge < -0.3 is 44.6 Å². The van der Waals surface area contributed by atoms with Crippen molar-refractivity contribution in [2.45, 2.75) is 379 Å². The summed E-state index contributed by atoms with van der Waals surface area (Å²) in [4.78, 5) is 72.1. The van der Waals surface area contributed by atoms with Gasteiger partial charge in [-0.25, -0.2) is 19.9 Å². The van der Waals surface area contributed by atoms with Crippen molar-refractivity contribution in [3.63, 3.8) is 0 Å². The summed E-state index contributed by atoms with van der Waals surface area (Å²) < 4.78 is 70.3. The van der Waals surface area contributed by atoms with Crippen molar-refractivity contribution < 1.29 is 205 Å². The summed E-state index contributed by atoms with van der Waals surface area (Å²) in [6.45, 7) is 14.7. The monoisotopic (exact) mass is 2520 g/mol. The maximum Gasteiger partial charge on any atom is 1.00 e. The van der Waals surface area contributed by atoms with Gasteiger partial charge in [-0.2, -0.15) is 0 Å². The van der Waals surface area contributed by atoms with Crippen molar-refractivity contribution in [1.82, 2.24) is 57.5 Å². The van der Waals surface area contributed by atoms with Crippen LogP contribution >= 0.6 is 39.9 Å². The summed E-state index contributed by atoms with van der Waals surface area (Å²) in [5, 5.41) is 9.86. The van der Waals surface area contributed by atoms with Crippen molar-refractivity contribution in [2.24, 2.45) is 23.7 Å². The molecule has 0 atom stereocenters. The largest absolute Gasteiger partial charge is 1.00 e. The van der Waals surface area contributed by atoms with E-state index < -0.39 is 19.5 Å². The molecule has 8 aromatic heterocycles. The fourth-order valence-electron chi connectivity index (χ4n) is 22.2. The number of ketones is 1. The van der Waals surface area contributed by atoms with E-state index in [4.69, 9.17) is 73.2 Å². The molecule has 9 fully saturated rings. The zero-order valence-electron chi connectivity index (χ0n) is 87.1. The van der Waals surface area contributed by atoms with Gasteiger partial charge in [-0.15, -0.1) is 28.2 Å². The first kappa shape index (κ1) is 138. The number of nitrogens with zero attached hydrogens (tertiary/aromatic N) is 12. The Morgan fingerprint density at radius 3 is 1.10 bits per heavy atom. The van der Waals surface area contributed by atoms with E-state index in [1.807, 2.05) is 24.8 Å². The quantitative estimate of drug-likeness (QED) is 0.0160. The standard InChI is InChI=1S/2C20H25N3O.C20H23N3O.C15H16BrN3.C11H19BO3.C10H18O2S.C8H14O2.C3H9OS.CH2O3.8CH4.2Cs.HI.H/c3*1-2-4-15(5-3-1)18-13-23-19(22-18)12-21-17-7-6-16(20(17)23)14-8-10-24-11-9-14;16-11-6-7-12-15(11)19-9-13(18-14(19)8-17-12)10-4-2-1-3-5-10;1-10(2)11(3,4)15-12(14-10)9-5-7-13-8-6-9;1-13(2,12)8-10(11)9-6-4-3-5-7-9;1-10-8(9)7-5-3-2-4-6-7;1-5(2,3)4;2-1-4-3;;;;;;;;;;;;/h2*6,12-15H,1-5,7-11H2;6,8,12-13,15H,1-5,7,9-11H2;6,8-10H,1-5,7H2;5H,6-8H2,1-4H3;8-9H,3-7H2,1-2H3;7H,2-6H2,1H3;1-3H3;1,3H;8*1H4;;;1H;/q;;;;;;;+1;;;;;;;;;;2*+1;;-1/p-1. The first-order chi connectivity index (χ1) is 66.7. The second kappa shape index (κ2) is 66.7. The Labute approximate surface area is 1040 Å². The number of hydrogen-bond acceptors (Lipinski definition) is 22. The summed E-state index contributed by atoms with van der Waals surface area (Å²) in [5.74, 6) is 4.26. The van der Waals surface area contributed by atoms with Crippen LogP contribution in [0.15, 0.2) is 97.1 Å². The summed E-state index contributed by atoms with van der Waals surface area (Å²) in [6.07, 6.45) is 87.0. The van der Waals surface area contributed by atoms with Crippen LogP contribution in [0.3, 0.4) is 0 Å². The minimum atomic E-state index is -2.00. The molecule has 822 valence electrons. The number of rotatable bonds is 12. The number of Topliss-reactive ketones (excluding diaryl/α,β-unsaturated/α-hetero) is 1. The summed E-state index contributed by atoms with van der Waals surface area (Å²) in [6, 6.07) is 0. The number of carbonyl (C=O) groups excluding carboxylic acids is 3. The van der Waals surface area contributed by atoms with Gasteiger partial charge in [0.1, 0.15) is 18.8 Å². The molecule has 0 aromatic carbocycles. The Balaban J connectivity index is 0.000000444. The molecule has 15 aliphatic rings. The van der Waals surface area contributed by atoms with Crippen LogP contribution in [0.2, 0.25) is 0 Å². The molecule has 0 N–H and O–H groups in total. The van der Waals surface area contributed by atoms with Crippen LogP contribution in [0, 0.1) is 23.7 Å². The SMILES string of the molecule is BrC1=CCc2ncc3nc(C4CCCCC4)cn3c21.C.C.C.C.C.C.C.C.C1=C(C2=CCc3ncc4nc(C5CCCCC5)cn4c32)CCOC1.C1=C(C2CCOCC2)c2c(ncc3nc(C4CCCCC4)cn23)C1.C1=C(C2CCOCC2)c2c(ncc3nc(C4CCCCC4)cn23)C1.CC1(C)OB(C2=CCOCC2)OC1(C)C.COC(=O)C1CCCCC1.CS(C)(=O)=CC(=O)C1CCCCC1.C[S+](C)(C)=O.I.O=CO[O-].[Cs+].[Cs+].[H-]. The fraction of sp³-hybridized carbons (Fsp3) is 0.655. The molecule has 26 nitrogen and oxygen atoms in total. The third-order valence-corrected chi connectivity index (χ3v) is 31.8. The predicted molar refractivity (Wildman–Crippen MR) is 621 cm³/mol. The number of aromatic nitrogens is 12. The average Bonchev–Trinajstić information content (AvgIpc) is 1.61. The summed E-state index contributed by atoms with van der Waals surface area (Å²) in [5.41, 5.74) is 25.4. The van der Waals surface area contributed by atoms with Crippen LogP contribution in [-0.2, 0) is 102 Å². The minimum absolute atomic E-state index is 0. The van der Waals surface area contributed by atoms with E-state index >= 15 is 0 Å². The molecule has 3 saturated heterocycles. The fourth-order valence-corrected chi connectivity index (χ4v) is 23.5. The molecular formula is C116H184BBrCs2IN12O14S2+. The summed E-state index contributed by atoms with van der Waals surface area (Å²) >= 11 is 3.64. The van der Waals surface area contributed by atoms with Crippen LogP contribution in [0.5, 0.6) is 0 Å².